The van der Waals surface area contributed by atoms with Crippen molar-refractivity contribution in [2.24, 2.45) is 0 Å². The number of hydrogen-bond donors (Lipinski definition) is 1. The van der Waals surface area contributed by atoms with Crippen LogP contribution in [0.5, 0.6) is 5.75 Å². The maximum atomic E-state index is 13.1. The van der Waals surface area contributed by atoms with Gasteiger partial charge in [-0.15, -0.1) is 0 Å². The van der Waals surface area contributed by atoms with Gasteiger partial charge in [0.25, 0.3) is 0 Å². The van der Waals surface area contributed by atoms with E-state index in [0.717, 1.165) is 12.1 Å². The lowest BCUT2D eigenvalue weighted by atomic mass is 10.2. The lowest BCUT2D eigenvalue weighted by molar-refractivity contribution is 0.386. The molecule has 0 heterocycles. The Hall–Kier alpha value is -1.09. The van der Waals surface area contributed by atoms with Gasteiger partial charge in [-0.1, -0.05) is 13.0 Å². The fourth-order valence-electron chi connectivity index (χ4n) is 1.09. The number of hydrogen-bond acceptors (Lipinski definition) is 2. The average molecular weight is 183 g/mol. The molecule has 1 aromatic carbocycles. The lowest BCUT2D eigenvalue weighted by Gasteiger charge is -2.05. The van der Waals surface area contributed by atoms with Crippen LogP contribution >= 0.6 is 0 Å². The zero-order chi connectivity index (χ0) is 9.68. The molecular formula is C10H14FNO. The second-order valence-corrected chi connectivity index (χ2v) is 2.75. The Bertz CT molecular complexity index is 276. The van der Waals surface area contributed by atoms with E-state index in [1.54, 1.807) is 6.07 Å². The summed E-state index contributed by atoms with van der Waals surface area (Å²) >= 11 is 0. The van der Waals surface area contributed by atoms with Gasteiger partial charge < -0.3 is 10.1 Å². The van der Waals surface area contributed by atoms with Crippen LogP contribution in [0.25, 0.3) is 0 Å². The SMILES string of the molecule is CCNCc1ccc(OC)c(F)c1. The van der Waals surface area contributed by atoms with Crippen molar-refractivity contribution in [1.82, 2.24) is 5.32 Å². The zero-order valence-electron chi connectivity index (χ0n) is 7.93. The first kappa shape index (κ1) is 9.99. The molecule has 0 unspecified atom stereocenters. The number of rotatable bonds is 4. The van der Waals surface area contributed by atoms with E-state index in [1.165, 1.54) is 13.2 Å². The second-order valence-electron chi connectivity index (χ2n) is 2.75. The molecule has 0 bridgehead atoms. The summed E-state index contributed by atoms with van der Waals surface area (Å²) in [6.45, 7) is 3.59. The molecule has 0 aliphatic rings. The Kier molecular flexibility index (Phi) is 3.71. The molecule has 0 aliphatic carbocycles. The molecular weight excluding hydrogens is 169 g/mol. The molecule has 1 N–H and O–H groups in total. The Morgan fingerprint density at radius 3 is 2.77 bits per heavy atom. The Morgan fingerprint density at radius 2 is 2.23 bits per heavy atom. The monoisotopic (exact) mass is 183 g/mol. The van der Waals surface area contributed by atoms with Crippen molar-refractivity contribution in [3.05, 3.63) is 29.6 Å². The van der Waals surface area contributed by atoms with Gasteiger partial charge in [-0.2, -0.15) is 0 Å². The van der Waals surface area contributed by atoms with Crippen molar-refractivity contribution in [3.63, 3.8) is 0 Å². The van der Waals surface area contributed by atoms with Crippen molar-refractivity contribution in [2.75, 3.05) is 13.7 Å². The van der Waals surface area contributed by atoms with E-state index in [-0.39, 0.29) is 5.82 Å². The molecule has 0 radical (unpaired) electrons. The molecule has 72 valence electrons. The first-order chi connectivity index (χ1) is 6.27. The fourth-order valence-corrected chi connectivity index (χ4v) is 1.09. The normalized spacial score (nSPS) is 10.1. The van der Waals surface area contributed by atoms with Crippen LogP contribution in [-0.2, 0) is 6.54 Å². The fraction of sp³-hybridized carbons (Fsp3) is 0.400. The largest absolute Gasteiger partial charge is 0.494 e. The smallest absolute Gasteiger partial charge is 0.165 e. The van der Waals surface area contributed by atoms with Crippen molar-refractivity contribution >= 4 is 0 Å². The summed E-state index contributed by atoms with van der Waals surface area (Å²) in [5, 5.41) is 3.12. The van der Waals surface area contributed by atoms with Crippen LogP contribution < -0.4 is 10.1 Å². The number of ether oxygens (including phenoxy) is 1. The van der Waals surface area contributed by atoms with E-state index in [9.17, 15) is 4.39 Å². The van der Waals surface area contributed by atoms with Crippen LogP contribution in [0, 0.1) is 5.82 Å². The first-order valence-electron chi connectivity index (χ1n) is 4.31. The number of halogens is 1. The second kappa shape index (κ2) is 4.82. The molecule has 0 aliphatic heterocycles. The third-order valence-corrected chi connectivity index (χ3v) is 1.80. The highest BCUT2D eigenvalue weighted by Gasteiger charge is 2.02. The minimum atomic E-state index is -0.307. The Labute approximate surface area is 77.7 Å². The molecule has 2 nitrogen and oxygen atoms in total. The van der Waals surface area contributed by atoms with Crippen LogP contribution in [0.4, 0.5) is 4.39 Å². The van der Waals surface area contributed by atoms with Crippen molar-refractivity contribution < 1.29 is 9.13 Å². The zero-order valence-corrected chi connectivity index (χ0v) is 7.93. The van der Waals surface area contributed by atoms with E-state index >= 15 is 0 Å². The lowest BCUT2D eigenvalue weighted by Crippen LogP contribution is -2.11. The van der Waals surface area contributed by atoms with Gasteiger partial charge in [0, 0.05) is 6.54 Å². The molecule has 0 saturated heterocycles. The highest BCUT2D eigenvalue weighted by molar-refractivity contribution is 5.29. The summed E-state index contributed by atoms with van der Waals surface area (Å²) < 4.78 is 17.9. The highest BCUT2D eigenvalue weighted by atomic mass is 19.1. The number of methoxy groups -OCH3 is 1. The van der Waals surface area contributed by atoms with E-state index < -0.39 is 0 Å². The first-order valence-corrected chi connectivity index (χ1v) is 4.31. The summed E-state index contributed by atoms with van der Waals surface area (Å²) in [6.07, 6.45) is 0. The van der Waals surface area contributed by atoms with Crippen molar-refractivity contribution in [2.45, 2.75) is 13.5 Å². The van der Waals surface area contributed by atoms with E-state index in [4.69, 9.17) is 4.74 Å². The molecule has 0 fully saturated rings. The van der Waals surface area contributed by atoms with Gasteiger partial charge in [0.15, 0.2) is 11.6 Å². The molecule has 3 heteroatoms. The summed E-state index contributed by atoms with van der Waals surface area (Å²) in [7, 11) is 1.46. The summed E-state index contributed by atoms with van der Waals surface area (Å²) in [4.78, 5) is 0. The van der Waals surface area contributed by atoms with E-state index in [1.807, 2.05) is 13.0 Å². The third kappa shape index (κ3) is 2.70. The van der Waals surface area contributed by atoms with Gasteiger partial charge in [-0.05, 0) is 24.2 Å². The predicted octanol–water partition coefficient (Wildman–Crippen LogP) is 1.94. The van der Waals surface area contributed by atoms with Crippen LogP contribution in [-0.4, -0.2) is 13.7 Å². The predicted molar refractivity (Wildman–Crippen MR) is 50.3 cm³/mol. The van der Waals surface area contributed by atoms with Gasteiger partial charge in [-0.25, -0.2) is 4.39 Å². The molecule has 1 aromatic rings. The maximum absolute atomic E-state index is 13.1. The molecule has 0 amide bonds. The van der Waals surface area contributed by atoms with Crippen molar-refractivity contribution in [1.29, 1.82) is 0 Å². The highest BCUT2D eigenvalue weighted by Crippen LogP contribution is 2.17. The van der Waals surface area contributed by atoms with Crippen LogP contribution in [0.1, 0.15) is 12.5 Å². The van der Waals surface area contributed by atoms with E-state index in [0.29, 0.717) is 12.3 Å². The maximum Gasteiger partial charge on any atom is 0.165 e. The minimum absolute atomic E-state index is 0.292. The topological polar surface area (TPSA) is 21.3 Å². The summed E-state index contributed by atoms with van der Waals surface area (Å²) in [6, 6.07) is 4.98. The number of benzene rings is 1. The standard InChI is InChI=1S/C10H14FNO/c1-3-12-7-8-4-5-10(13-2)9(11)6-8/h4-6,12H,3,7H2,1-2H3. The Balaban J connectivity index is 2.71. The molecule has 0 saturated carbocycles. The van der Waals surface area contributed by atoms with Gasteiger partial charge >= 0.3 is 0 Å². The van der Waals surface area contributed by atoms with Gasteiger partial charge in [-0.3, -0.25) is 0 Å². The van der Waals surface area contributed by atoms with Gasteiger partial charge in [0.1, 0.15) is 0 Å². The van der Waals surface area contributed by atoms with Crippen LogP contribution in [0.3, 0.4) is 0 Å². The molecule has 0 spiro atoms. The molecule has 1 rings (SSSR count). The van der Waals surface area contributed by atoms with Crippen LogP contribution in [0.2, 0.25) is 0 Å². The van der Waals surface area contributed by atoms with Crippen LogP contribution in [0.15, 0.2) is 18.2 Å². The molecule has 13 heavy (non-hydrogen) atoms. The summed E-state index contributed by atoms with van der Waals surface area (Å²) in [5.74, 6) is -0.0156. The quantitative estimate of drug-likeness (QED) is 0.770. The molecule has 0 atom stereocenters. The average Bonchev–Trinajstić information content (AvgIpc) is 2.15. The van der Waals surface area contributed by atoms with Gasteiger partial charge in [0.2, 0.25) is 0 Å². The van der Waals surface area contributed by atoms with Crippen molar-refractivity contribution in [3.8, 4) is 5.75 Å². The minimum Gasteiger partial charge on any atom is -0.494 e. The number of nitrogens with one attached hydrogen (secondary N) is 1. The Morgan fingerprint density at radius 1 is 1.46 bits per heavy atom. The molecule has 0 aromatic heterocycles. The van der Waals surface area contributed by atoms with Gasteiger partial charge in [0.05, 0.1) is 7.11 Å². The summed E-state index contributed by atoms with van der Waals surface area (Å²) in [5.41, 5.74) is 0.931. The third-order valence-electron chi connectivity index (χ3n) is 1.80. The van der Waals surface area contributed by atoms with E-state index in [2.05, 4.69) is 5.32 Å².